The van der Waals surface area contributed by atoms with E-state index in [-0.39, 0.29) is 0 Å². The third-order valence-corrected chi connectivity index (χ3v) is 3.09. The summed E-state index contributed by atoms with van der Waals surface area (Å²) in [6.45, 7) is 0.953. The molecule has 0 aliphatic carbocycles. The van der Waals surface area contributed by atoms with Gasteiger partial charge in [0, 0.05) is 46.8 Å². The summed E-state index contributed by atoms with van der Waals surface area (Å²) in [5, 5.41) is 5.55. The van der Waals surface area contributed by atoms with Crippen molar-refractivity contribution < 1.29 is 0 Å². The second-order valence-corrected chi connectivity index (χ2v) is 4.53. The van der Waals surface area contributed by atoms with Crippen molar-refractivity contribution in [2.45, 2.75) is 0 Å². The zero-order valence-corrected chi connectivity index (χ0v) is 10.1. The molecule has 4 heteroatoms. The molecule has 0 saturated heterocycles. The van der Waals surface area contributed by atoms with Crippen LogP contribution in [0.5, 0.6) is 0 Å². The summed E-state index contributed by atoms with van der Waals surface area (Å²) in [6, 6.07) is 5.90. The molecule has 2 aromatic rings. The number of nitrogens with two attached hydrogens (primary N) is 1. The maximum Gasteiger partial charge on any atom is 0.0437 e. The van der Waals surface area contributed by atoms with Crippen molar-refractivity contribution in [3.05, 3.63) is 30.6 Å². The van der Waals surface area contributed by atoms with E-state index in [2.05, 4.69) is 16.6 Å². The molecule has 2 rings (SSSR count). The first-order valence-electron chi connectivity index (χ1n) is 5.18. The van der Waals surface area contributed by atoms with Crippen LogP contribution in [0.15, 0.2) is 30.6 Å². The summed E-state index contributed by atoms with van der Waals surface area (Å²) in [5.41, 5.74) is 7.82. The second-order valence-electron chi connectivity index (χ2n) is 3.54. The van der Waals surface area contributed by atoms with E-state index in [1.807, 2.05) is 36.2 Å². The van der Waals surface area contributed by atoms with Gasteiger partial charge < -0.3 is 11.1 Å². The molecule has 0 aliphatic heterocycles. The average molecular weight is 233 g/mol. The fraction of sp³-hybridized carbons (Fsp3) is 0.250. The molecule has 0 spiro atoms. The number of nitrogens with one attached hydrogen (secondary N) is 1. The number of hydrogen-bond donors (Lipinski definition) is 2. The Morgan fingerprint density at radius 2 is 2.19 bits per heavy atom. The summed E-state index contributed by atoms with van der Waals surface area (Å²) in [6.07, 6.45) is 5.72. The van der Waals surface area contributed by atoms with E-state index in [0.717, 1.165) is 34.4 Å². The van der Waals surface area contributed by atoms with E-state index in [0.29, 0.717) is 0 Å². The van der Waals surface area contributed by atoms with Gasteiger partial charge in [0.15, 0.2) is 0 Å². The molecule has 0 fully saturated rings. The molecule has 0 unspecified atom stereocenters. The number of benzene rings is 1. The zero-order chi connectivity index (χ0) is 11.4. The standard InChI is InChI=1S/C12H15N3S/c1-16-7-6-15-12-3-2-11(13)9-4-5-14-8-10(9)12/h2-5,8,15H,6-7,13H2,1H3. The summed E-state index contributed by atoms with van der Waals surface area (Å²) in [5.74, 6) is 1.09. The Kier molecular flexibility index (Phi) is 3.51. The lowest BCUT2D eigenvalue weighted by atomic mass is 10.1. The van der Waals surface area contributed by atoms with Crippen LogP contribution in [0.1, 0.15) is 0 Å². The Morgan fingerprint density at radius 1 is 1.31 bits per heavy atom. The number of nitrogens with zero attached hydrogens (tertiary/aromatic N) is 1. The summed E-state index contributed by atoms with van der Waals surface area (Å²) in [7, 11) is 0. The molecule has 3 nitrogen and oxygen atoms in total. The van der Waals surface area contributed by atoms with Crippen LogP contribution in [0.3, 0.4) is 0 Å². The van der Waals surface area contributed by atoms with E-state index < -0.39 is 0 Å². The molecule has 1 aromatic heterocycles. The number of pyridine rings is 1. The number of aromatic nitrogens is 1. The van der Waals surface area contributed by atoms with Gasteiger partial charge in [-0.3, -0.25) is 4.98 Å². The van der Waals surface area contributed by atoms with Crippen molar-refractivity contribution in [2.24, 2.45) is 0 Å². The molecule has 3 N–H and O–H groups in total. The molecule has 0 saturated carbocycles. The molecule has 0 atom stereocenters. The average Bonchev–Trinajstić information content (AvgIpc) is 2.33. The van der Waals surface area contributed by atoms with Crippen molar-refractivity contribution in [3.63, 3.8) is 0 Å². The fourth-order valence-corrected chi connectivity index (χ4v) is 1.96. The Hall–Kier alpha value is -1.42. The molecule has 16 heavy (non-hydrogen) atoms. The van der Waals surface area contributed by atoms with Gasteiger partial charge in [0.25, 0.3) is 0 Å². The normalized spacial score (nSPS) is 10.6. The third-order valence-electron chi connectivity index (χ3n) is 2.47. The van der Waals surface area contributed by atoms with E-state index in [1.165, 1.54) is 0 Å². The monoisotopic (exact) mass is 233 g/mol. The SMILES string of the molecule is CSCCNc1ccc(N)c2ccncc12. The van der Waals surface area contributed by atoms with Crippen LogP contribution in [0.25, 0.3) is 10.8 Å². The minimum absolute atomic E-state index is 0.799. The van der Waals surface area contributed by atoms with Gasteiger partial charge in [-0.1, -0.05) is 0 Å². The first kappa shape index (κ1) is 11.1. The number of fused-ring (bicyclic) bond motifs is 1. The van der Waals surface area contributed by atoms with Crippen LogP contribution in [0, 0.1) is 0 Å². The lowest BCUT2D eigenvalue weighted by Gasteiger charge is -2.10. The maximum atomic E-state index is 5.92. The lowest BCUT2D eigenvalue weighted by molar-refractivity contribution is 1.23. The van der Waals surface area contributed by atoms with Crippen molar-refractivity contribution >= 4 is 33.9 Å². The first-order chi connectivity index (χ1) is 7.83. The molecular formula is C12H15N3S. The van der Waals surface area contributed by atoms with E-state index in [4.69, 9.17) is 5.73 Å². The molecule has 1 heterocycles. The third kappa shape index (κ3) is 2.22. The molecule has 0 amide bonds. The molecule has 84 valence electrons. The smallest absolute Gasteiger partial charge is 0.0437 e. The molecule has 0 bridgehead atoms. The van der Waals surface area contributed by atoms with Gasteiger partial charge in [-0.15, -0.1) is 0 Å². The fourth-order valence-electron chi connectivity index (χ4n) is 1.66. The first-order valence-corrected chi connectivity index (χ1v) is 6.57. The Morgan fingerprint density at radius 3 is 3.00 bits per heavy atom. The van der Waals surface area contributed by atoms with Crippen LogP contribution < -0.4 is 11.1 Å². The van der Waals surface area contributed by atoms with Crippen LogP contribution in [-0.4, -0.2) is 23.5 Å². The van der Waals surface area contributed by atoms with Gasteiger partial charge in [0.1, 0.15) is 0 Å². The van der Waals surface area contributed by atoms with Gasteiger partial charge in [0.05, 0.1) is 0 Å². The van der Waals surface area contributed by atoms with Crippen LogP contribution in [0.2, 0.25) is 0 Å². The Labute approximate surface area is 99.4 Å². The molecular weight excluding hydrogens is 218 g/mol. The summed E-state index contributed by atoms with van der Waals surface area (Å²) >= 11 is 1.83. The van der Waals surface area contributed by atoms with Crippen LogP contribution in [-0.2, 0) is 0 Å². The Balaban J connectivity index is 2.35. The highest BCUT2D eigenvalue weighted by molar-refractivity contribution is 7.98. The lowest BCUT2D eigenvalue weighted by Crippen LogP contribution is -2.04. The number of thioether (sulfide) groups is 1. The number of rotatable bonds is 4. The summed E-state index contributed by atoms with van der Waals surface area (Å²) in [4.78, 5) is 4.14. The van der Waals surface area contributed by atoms with Crippen LogP contribution in [0.4, 0.5) is 11.4 Å². The zero-order valence-electron chi connectivity index (χ0n) is 9.23. The van der Waals surface area contributed by atoms with Crippen molar-refractivity contribution in [1.29, 1.82) is 0 Å². The van der Waals surface area contributed by atoms with Gasteiger partial charge in [-0.25, -0.2) is 0 Å². The molecule has 0 aliphatic rings. The number of hydrogen-bond acceptors (Lipinski definition) is 4. The van der Waals surface area contributed by atoms with Gasteiger partial charge in [-0.2, -0.15) is 11.8 Å². The molecule has 0 radical (unpaired) electrons. The minimum atomic E-state index is 0.799. The van der Waals surface area contributed by atoms with Crippen molar-refractivity contribution in [2.75, 3.05) is 29.6 Å². The Bertz CT molecular complexity index is 485. The predicted octanol–water partition coefficient (Wildman–Crippen LogP) is 2.59. The van der Waals surface area contributed by atoms with Gasteiger partial charge in [-0.05, 0) is 24.5 Å². The largest absolute Gasteiger partial charge is 0.398 e. The highest BCUT2D eigenvalue weighted by atomic mass is 32.2. The quantitative estimate of drug-likeness (QED) is 0.629. The highest BCUT2D eigenvalue weighted by Gasteiger charge is 2.02. The van der Waals surface area contributed by atoms with E-state index in [1.54, 1.807) is 6.20 Å². The van der Waals surface area contributed by atoms with Crippen LogP contribution >= 0.6 is 11.8 Å². The van der Waals surface area contributed by atoms with Crippen molar-refractivity contribution in [3.8, 4) is 0 Å². The van der Waals surface area contributed by atoms with E-state index >= 15 is 0 Å². The minimum Gasteiger partial charge on any atom is -0.398 e. The predicted molar refractivity (Wildman–Crippen MR) is 73.0 cm³/mol. The summed E-state index contributed by atoms with van der Waals surface area (Å²) < 4.78 is 0. The molecule has 1 aromatic carbocycles. The van der Waals surface area contributed by atoms with E-state index in [9.17, 15) is 0 Å². The highest BCUT2D eigenvalue weighted by Crippen LogP contribution is 2.27. The number of nitrogen functional groups attached to an aromatic ring is 1. The van der Waals surface area contributed by atoms with Gasteiger partial charge in [0.2, 0.25) is 0 Å². The maximum absolute atomic E-state index is 5.92. The number of anilines is 2. The topological polar surface area (TPSA) is 50.9 Å². The van der Waals surface area contributed by atoms with Crippen molar-refractivity contribution in [1.82, 2.24) is 4.98 Å². The second kappa shape index (κ2) is 5.07. The van der Waals surface area contributed by atoms with Gasteiger partial charge >= 0.3 is 0 Å².